The van der Waals surface area contributed by atoms with Crippen LogP contribution in [0, 0.1) is 0 Å². The summed E-state index contributed by atoms with van der Waals surface area (Å²) in [4.78, 5) is 22.1. The molecule has 0 saturated carbocycles. The Balaban J connectivity index is 1.24. The van der Waals surface area contributed by atoms with Crippen molar-refractivity contribution in [1.29, 1.82) is 0 Å². The highest BCUT2D eigenvalue weighted by Crippen LogP contribution is 2.33. The summed E-state index contributed by atoms with van der Waals surface area (Å²) in [6, 6.07) is 28.5. The molecule has 34 heavy (non-hydrogen) atoms. The monoisotopic (exact) mass is 464 g/mol. The van der Waals surface area contributed by atoms with Crippen molar-refractivity contribution in [3.8, 4) is 11.4 Å². The van der Waals surface area contributed by atoms with Crippen LogP contribution in [0.4, 0.5) is 11.4 Å². The van der Waals surface area contributed by atoms with Gasteiger partial charge < -0.3 is 14.8 Å². The zero-order valence-corrected chi connectivity index (χ0v) is 19.7. The van der Waals surface area contributed by atoms with Gasteiger partial charge in [0.1, 0.15) is 5.82 Å². The zero-order valence-electron chi connectivity index (χ0n) is 18.9. The molecule has 3 aromatic carbocycles. The van der Waals surface area contributed by atoms with Gasteiger partial charge in [-0.25, -0.2) is 4.98 Å². The molecule has 0 spiro atoms. The summed E-state index contributed by atoms with van der Waals surface area (Å²) in [5, 5.41) is 3.00. The Morgan fingerprint density at radius 3 is 2.65 bits per heavy atom. The number of aryl methyl sites for hydroxylation is 1. The van der Waals surface area contributed by atoms with Crippen LogP contribution in [0.25, 0.3) is 22.4 Å². The summed E-state index contributed by atoms with van der Waals surface area (Å²) < 4.78 is 2.15. The smallest absolute Gasteiger partial charge is 0.265 e. The topological polar surface area (TPSA) is 50.2 Å². The van der Waals surface area contributed by atoms with Gasteiger partial charge in [0.15, 0.2) is 0 Å². The molecule has 0 unspecified atom stereocenters. The molecule has 0 atom stereocenters. The third-order valence-electron chi connectivity index (χ3n) is 6.38. The van der Waals surface area contributed by atoms with Crippen molar-refractivity contribution in [3.05, 3.63) is 100 Å². The Labute approximate surface area is 202 Å². The minimum Gasteiger partial charge on any atom is -0.367 e. The van der Waals surface area contributed by atoms with Gasteiger partial charge in [-0.05, 0) is 54.4 Å². The normalized spacial score (nSPS) is 13.1. The second-order valence-corrected chi connectivity index (χ2v) is 9.72. The molecule has 2 aromatic heterocycles. The number of thiophene rings is 1. The Hall–Kier alpha value is -3.90. The molecule has 1 aliphatic heterocycles. The van der Waals surface area contributed by atoms with E-state index in [0.29, 0.717) is 0 Å². The van der Waals surface area contributed by atoms with Gasteiger partial charge in [-0.2, -0.15) is 0 Å². The van der Waals surface area contributed by atoms with E-state index in [-0.39, 0.29) is 5.91 Å². The minimum atomic E-state index is -0.0407. The number of benzene rings is 3. The molecule has 6 rings (SSSR count). The number of para-hydroxylation sites is 3. The summed E-state index contributed by atoms with van der Waals surface area (Å²) in [5.74, 6) is 0.928. The zero-order chi connectivity index (χ0) is 23.1. The lowest BCUT2D eigenvalue weighted by molar-refractivity contribution is 0.103. The number of hydrogen-bond acceptors (Lipinski definition) is 4. The number of hydrogen-bond donors (Lipinski definition) is 1. The van der Waals surface area contributed by atoms with E-state index in [1.54, 1.807) is 11.3 Å². The van der Waals surface area contributed by atoms with Crippen LogP contribution >= 0.6 is 11.3 Å². The Bertz CT molecular complexity index is 1500. The fourth-order valence-corrected chi connectivity index (χ4v) is 5.68. The van der Waals surface area contributed by atoms with Crippen molar-refractivity contribution in [3.63, 3.8) is 0 Å². The minimum absolute atomic E-state index is 0.0407. The lowest BCUT2D eigenvalue weighted by Gasteiger charge is -2.29. The van der Waals surface area contributed by atoms with Gasteiger partial charge in [0.05, 0.1) is 15.9 Å². The van der Waals surface area contributed by atoms with Crippen molar-refractivity contribution < 1.29 is 4.79 Å². The van der Waals surface area contributed by atoms with Gasteiger partial charge >= 0.3 is 0 Å². The summed E-state index contributed by atoms with van der Waals surface area (Å²) >= 11 is 1.61. The number of nitrogens with one attached hydrogen (secondary N) is 1. The molecule has 1 aliphatic rings. The third kappa shape index (κ3) is 3.76. The highest BCUT2D eigenvalue weighted by Gasteiger charge is 2.22. The molecule has 3 heterocycles. The lowest BCUT2D eigenvalue weighted by Crippen LogP contribution is -2.29. The van der Waals surface area contributed by atoms with Crippen LogP contribution in [0.2, 0.25) is 0 Å². The van der Waals surface area contributed by atoms with Gasteiger partial charge in [-0.15, -0.1) is 11.3 Å². The maximum atomic E-state index is 12.8. The molecule has 168 valence electrons. The summed E-state index contributed by atoms with van der Waals surface area (Å²) in [6.07, 6.45) is 0.940. The third-order valence-corrected chi connectivity index (χ3v) is 7.61. The van der Waals surface area contributed by atoms with Crippen LogP contribution in [-0.4, -0.2) is 22.0 Å². The fourth-order valence-electron chi connectivity index (χ4n) is 4.62. The predicted molar refractivity (Wildman–Crippen MR) is 140 cm³/mol. The van der Waals surface area contributed by atoms with Gasteiger partial charge in [0.25, 0.3) is 5.91 Å². The first kappa shape index (κ1) is 20.7. The number of rotatable bonds is 4. The molecule has 6 heteroatoms. The number of fused-ring (bicyclic) bond motifs is 2. The molecule has 0 radical (unpaired) electrons. The number of carbonyl (C=O) groups is 1. The summed E-state index contributed by atoms with van der Waals surface area (Å²) in [7, 11) is 2.07. The van der Waals surface area contributed by atoms with Crippen molar-refractivity contribution >= 4 is 39.7 Å². The number of aromatic nitrogens is 2. The van der Waals surface area contributed by atoms with Crippen LogP contribution in [0.15, 0.2) is 84.9 Å². The Morgan fingerprint density at radius 1 is 0.971 bits per heavy atom. The highest BCUT2D eigenvalue weighted by atomic mass is 32.1. The van der Waals surface area contributed by atoms with E-state index in [0.717, 1.165) is 52.5 Å². The largest absolute Gasteiger partial charge is 0.367 e. The highest BCUT2D eigenvalue weighted by molar-refractivity contribution is 7.14. The quantitative estimate of drug-likeness (QED) is 0.349. The van der Waals surface area contributed by atoms with E-state index in [9.17, 15) is 4.79 Å². The van der Waals surface area contributed by atoms with Gasteiger partial charge in [-0.1, -0.05) is 42.5 Å². The second-order valence-electron chi connectivity index (χ2n) is 8.58. The first-order chi connectivity index (χ1) is 16.7. The molecule has 5 aromatic rings. The van der Waals surface area contributed by atoms with E-state index in [4.69, 9.17) is 4.98 Å². The average Bonchev–Trinajstić information content (AvgIpc) is 3.46. The van der Waals surface area contributed by atoms with Crippen molar-refractivity contribution in [2.75, 3.05) is 16.8 Å². The molecule has 0 aliphatic carbocycles. The Kier molecular flexibility index (Phi) is 5.15. The second kappa shape index (κ2) is 8.47. The summed E-state index contributed by atoms with van der Waals surface area (Å²) in [5.41, 5.74) is 6.48. The Morgan fingerprint density at radius 2 is 1.79 bits per heavy atom. The van der Waals surface area contributed by atoms with E-state index < -0.39 is 0 Å². The number of amides is 1. The van der Waals surface area contributed by atoms with E-state index in [2.05, 4.69) is 64.3 Å². The van der Waals surface area contributed by atoms with E-state index in [1.807, 2.05) is 42.5 Å². The SMILES string of the molecule is Cn1c(-c2cccc(N3CCc4sc(C(=O)Nc5ccccc5)cc4C3)c2)nc2ccccc21. The molecule has 0 fully saturated rings. The molecule has 5 nitrogen and oxygen atoms in total. The first-order valence-electron chi connectivity index (χ1n) is 11.4. The van der Waals surface area contributed by atoms with Crippen LogP contribution in [0.5, 0.6) is 0 Å². The van der Waals surface area contributed by atoms with Crippen molar-refractivity contribution in [1.82, 2.24) is 9.55 Å². The van der Waals surface area contributed by atoms with Crippen molar-refractivity contribution in [2.45, 2.75) is 13.0 Å². The molecular weight excluding hydrogens is 440 g/mol. The van der Waals surface area contributed by atoms with Crippen LogP contribution in [0.1, 0.15) is 20.1 Å². The van der Waals surface area contributed by atoms with Crippen LogP contribution < -0.4 is 10.2 Å². The fraction of sp³-hybridized carbons (Fsp3) is 0.143. The molecule has 0 saturated heterocycles. The molecular formula is C28H24N4OS. The van der Waals surface area contributed by atoms with Gasteiger partial charge in [0, 0.05) is 42.0 Å². The van der Waals surface area contributed by atoms with Gasteiger partial charge in [0.2, 0.25) is 0 Å². The van der Waals surface area contributed by atoms with Crippen molar-refractivity contribution in [2.24, 2.45) is 7.05 Å². The lowest BCUT2D eigenvalue weighted by atomic mass is 10.1. The van der Waals surface area contributed by atoms with Gasteiger partial charge in [-0.3, -0.25) is 4.79 Å². The molecule has 1 amide bonds. The average molecular weight is 465 g/mol. The van der Waals surface area contributed by atoms with Crippen LogP contribution in [-0.2, 0) is 20.0 Å². The number of nitrogens with zero attached hydrogens (tertiary/aromatic N) is 3. The van der Waals surface area contributed by atoms with Crippen LogP contribution in [0.3, 0.4) is 0 Å². The molecule has 0 bridgehead atoms. The van der Waals surface area contributed by atoms with E-state index >= 15 is 0 Å². The summed E-state index contributed by atoms with van der Waals surface area (Å²) in [6.45, 7) is 1.73. The number of anilines is 2. The maximum absolute atomic E-state index is 12.8. The first-order valence-corrected chi connectivity index (χ1v) is 12.2. The standard InChI is InChI=1S/C28H24N4OS/c1-31-24-13-6-5-12-23(24)30-27(31)19-8-7-11-22(16-19)32-15-14-25-20(18-32)17-26(34-25)28(33)29-21-9-3-2-4-10-21/h2-13,16-17H,14-15,18H2,1H3,(H,29,33). The number of imidazole rings is 1. The predicted octanol–water partition coefficient (Wildman–Crippen LogP) is 6.12. The number of carbonyl (C=O) groups excluding carboxylic acids is 1. The maximum Gasteiger partial charge on any atom is 0.265 e. The molecule has 1 N–H and O–H groups in total. The van der Waals surface area contributed by atoms with E-state index in [1.165, 1.54) is 16.1 Å².